The number of hydrogen-bond donors (Lipinski definition) is 0. The molecule has 0 radical (unpaired) electrons. The van der Waals surface area contributed by atoms with Gasteiger partial charge in [-0.15, -0.1) is 0 Å². The number of esters is 2. The van der Waals surface area contributed by atoms with E-state index in [0.717, 1.165) is 38.5 Å². The van der Waals surface area contributed by atoms with Crippen LogP contribution in [-0.4, -0.2) is 25.2 Å². The highest BCUT2D eigenvalue weighted by molar-refractivity contribution is 5.69. The van der Waals surface area contributed by atoms with Gasteiger partial charge in [0.05, 0.1) is 13.2 Å². The normalized spacial score (nSPS) is 10.5. The zero-order valence-corrected chi connectivity index (χ0v) is 23.6. The first-order chi connectivity index (χ1) is 16.6. The summed E-state index contributed by atoms with van der Waals surface area (Å²) in [5.74, 6) is -0.00989. The molecule has 0 fully saturated rings. The lowest BCUT2D eigenvalue weighted by molar-refractivity contribution is -0.144. The van der Waals surface area contributed by atoms with Crippen molar-refractivity contribution in [3.63, 3.8) is 0 Å². The SMILES string of the molecule is CCCCCCCCCC(=O)OCCCCC.CCCCCCCCCC(=O)OCCCCC. The summed E-state index contributed by atoms with van der Waals surface area (Å²) in [5, 5.41) is 0. The van der Waals surface area contributed by atoms with E-state index in [1.165, 1.54) is 89.9 Å². The molecule has 0 saturated carbocycles. The molecule has 0 aliphatic heterocycles. The van der Waals surface area contributed by atoms with Crippen molar-refractivity contribution >= 4 is 11.9 Å². The lowest BCUT2D eigenvalue weighted by Crippen LogP contribution is -2.05. The predicted octanol–water partition coefficient (Wildman–Crippen LogP) is 9.72. The number of carbonyl (C=O) groups is 2. The standard InChI is InChI=1S/2C15H30O2/c2*1-3-5-7-8-9-10-11-13-15(16)17-14-12-6-4-2/h2*3-14H2,1-2H3. The van der Waals surface area contributed by atoms with Gasteiger partial charge < -0.3 is 9.47 Å². The number of hydrogen-bond acceptors (Lipinski definition) is 4. The molecule has 34 heavy (non-hydrogen) atoms. The number of carbonyl (C=O) groups excluding carboxylic acids is 2. The highest BCUT2D eigenvalue weighted by Crippen LogP contribution is 2.10. The lowest BCUT2D eigenvalue weighted by Gasteiger charge is -2.04. The maximum Gasteiger partial charge on any atom is 0.305 e. The summed E-state index contributed by atoms with van der Waals surface area (Å²) >= 11 is 0. The van der Waals surface area contributed by atoms with Crippen LogP contribution >= 0.6 is 0 Å². The molecule has 0 amide bonds. The van der Waals surface area contributed by atoms with Gasteiger partial charge in [0.15, 0.2) is 0 Å². The van der Waals surface area contributed by atoms with Gasteiger partial charge >= 0.3 is 11.9 Å². The molecule has 0 aromatic rings. The lowest BCUT2D eigenvalue weighted by atomic mass is 10.1. The van der Waals surface area contributed by atoms with Crippen LogP contribution in [0.25, 0.3) is 0 Å². The average Bonchev–Trinajstić information content (AvgIpc) is 2.84. The molecule has 0 aliphatic rings. The van der Waals surface area contributed by atoms with Crippen LogP contribution in [0.3, 0.4) is 0 Å². The second kappa shape index (κ2) is 31.9. The molecule has 0 aromatic carbocycles. The Labute approximate surface area is 213 Å². The molecule has 4 heteroatoms. The molecule has 0 rings (SSSR count). The third-order valence-corrected chi connectivity index (χ3v) is 5.99. The third kappa shape index (κ3) is 33.1. The Kier molecular flexibility index (Phi) is 33.0. The van der Waals surface area contributed by atoms with Crippen LogP contribution < -0.4 is 0 Å². The average molecular weight is 485 g/mol. The van der Waals surface area contributed by atoms with Gasteiger partial charge in [-0.25, -0.2) is 0 Å². The second-order valence-corrected chi connectivity index (χ2v) is 9.60. The largest absolute Gasteiger partial charge is 0.466 e. The Hall–Kier alpha value is -1.06. The Morgan fingerprint density at radius 1 is 0.382 bits per heavy atom. The smallest absolute Gasteiger partial charge is 0.305 e. The van der Waals surface area contributed by atoms with Gasteiger partial charge in [-0.3, -0.25) is 9.59 Å². The minimum atomic E-state index is -0.00494. The van der Waals surface area contributed by atoms with Crippen molar-refractivity contribution in [2.75, 3.05) is 13.2 Å². The second-order valence-electron chi connectivity index (χ2n) is 9.60. The van der Waals surface area contributed by atoms with Gasteiger partial charge in [0.1, 0.15) is 0 Å². The van der Waals surface area contributed by atoms with E-state index < -0.39 is 0 Å². The van der Waals surface area contributed by atoms with Gasteiger partial charge in [-0.2, -0.15) is 0 Å². The van der Waals surface area contributed by atoms with Gasteiger partial charge in [-0.1, -0.05) is 130 Å². The summed E-state index contributed by atoms with van der Waals surface area (Å²) in [7, 11) is 0. The van der Waals surface area contributed by atoms with Crippen LogP contribution in [0.1, 0.15) is 169 Å². The van der Waals surface area contributed by atoms with Crippen LogP contribution in [0.2, 0.25) is 0 Å². The quantitative estimate of drug-likeness (QED) is 0.101. The monoisotopic (exact) mass is 484 g/mol. The van der Waals surface area contributed by atoms with Crippen LogP contribution in [0.15, 0.2) is 0 Å². The molecular weight excluding hydrogens is 424 g/mol. The summed E-state index contributed by atoms with van der Waals surface area (Å²) in [4.78, 5) is 22.6. The summed E-state index contributed by atoms with van der Waals surface area (Å²) < 4.78 is 10.3. The zero-order valence-electron chi connectivity index (χ0n) is 23.6. The fourth-order valence-corrected chi connectivity index (χ4v) is 3.67. The highest BCUT2D eigenvalue weighted by Gasteiger charge is 2.03. The van der Waals surface area contributed by atoms with E-state index in [2.05, 4.69) is 27.7 Å². The zero-order chi connectivity index (χ0) is 25.5. The molecule has 0 atom stereocenters. The van der Waals surface area contributed by atoms with E-state index in [9.17, 15) is 9.59 Å². The molecule has 0 heterocycles. The van der Waals surface area contributed by atoms with E-state index in [1.807, 2.05) is 0 Å². The molecule has 0 N–H and O–H groups in total. The molecule has 0 saturated heterocycles. The maximum atomic E-state index is 11.3. The molecule has 0 aliphatic carbocycles. The van der Waals surface area contributed by atoms with Crippen molar-refractivity contribution < 1.29 is 19.1 Å². The first-order valence-electron chi connectivity index (χ1n) is 14.9. The van der Waals surface area contributed by atoms with Crippen molar-refractivity contribution in [2.24, 2.45) is 0 Å². The van der Waals surface area contributed by atoms with Crippen molar-refractivity contribution in [2.45, 2.75) is 169 Å². The maximum absolute atomic E-state index is 11.3. The Balaban J connectivity index is 0. The Morgan fingerprint density at radius 2 is 0.647 bits per heavy atom. The Bertz CT molecular complexity index is 371. The van der Waals surface area contributed by atoms with E-state index in [1.54, 1.807) is 0 Å². The van der Waals surface area contributed by atoms with Gasteiger partial charge in [-0.05, 0) is 25.7 Å². The summed E-state index contributed by atoms with van der Waals surface area (Å²) in [6.07, 6.45) is 25.4. The van der Waals surface area contributed by atoms with Gasteiger partial charge in [0, 0.05) is 12.8 Å². The van der Waals surface area contributed by atoms with Crippen molar-refractivity contribution in [1.82, 2.24) is 0 Å². The van der Waals surface area contributed by atoms with Crippen molar-refractivity contribution in [1.29, 1.82) is 0 Å². The van der Waals surface area contributed by atoms with Crippen LogP contribution in [-0.2, 0) is 19.1 Å². The van der Waals surface area contributed by atoms with Crippen molar-refractivity contribution in [3.8, 4) is 0 Å². The topological polar surface area (TPSA) is 52.6 Å². The summed E-state index contributed by atoms with van der Waals surface area (Å²) in [6, 6.07) is 0. The van der Waals surface area contributed by atoms with E-state index in [0.29, 0.717) is 26.1 Å². The molecule has 0 bridgehead atoms. The van der Waals surface area contributed by atoms with Gasteiger partial charge in [0.25, 0.3) is 0 Å². The summed E-state index contributed by atoms with van der Waals surface area (Å²) in [6.45, 7) is 10.00. The molecule has 0 spiro atoms. The first-order valence-corrected chi connectivity index (χ1v) is 14.9. The number of unbranched alkanes of at least 4 members (excludes halogenated alkanes) is 16. The Morgan fingerprint density at radius 3 is 0.971 bits per heavy atom. The highest BCUT2D eigenvalue weighted by atomic mass is 16.5. The predicted molar refractivity (Wildman–Crippen MR) is 146 cm³/mol. The first kappa shape index (κ1) is 35.1. The molecule has 0 unspecified atom stereocenters. The van der Waals surface area contributed by atoms with Crippen LogP contribution in [0.5, 0.6) is 0 Å². The van der Waals surface area contributed by atoms with E-state index >= 15 is 0 Å². The van der Waals surface area contributed by atoms with Crippen molar-refractivity contribution in [3.05, 3.63) is 0 Å². The third-order valence-electron chi connectivity index (χ3n) is 5.99. The van der Waals surface area contributed by atoms with E-state index in [4.69, 9.17) is 9.47 Å². The molecule has 204 valence electrons. The van der Waals surface area contributed by atoms with Crippen LogP contribution in [0.4, 0.5) is 0 Å². The number of ether oxygens (including phenoxy) is 2. The summed E-state index contributed by atoms with van der Waals surface area (Å²) in [5.41, 5.74) is 0. The fraction of sp³-hybridized carbons (Fsp3) is 0.933. The van der Waals surface area contributed by atoms with Gasteiger partial charge in [0.2, 0.25) is 0 Å². The van der Waals surface area contributed by atoms with E-state index in [-0.39, 0.29) is 11.9 Å². The number of rotatable bonds is 24. The molecule has 0 aromatic heterocycles. The molecular formula is C30H60O4. The van der Waals surface area contributed by atoms with Crippen LogP contribution in [0, 0.1) is 0 Å². The minimum absolute atomic E-state index is 0.00494. The minimum Gasteiger partial charge on any atom is -0.466 e. The fourth-order valence-electron chi connectivity index (χ4n) is 3.67. The molecule has 4 nitrogen and oxygen atoms in total.